The second-order valence-corrected chi connectivity index (χ2v) is 7.48. The van der Waals surface area contributed by atoms with Crippen LogP contribution in [-0.4, -0.2) is 35.5 Å². The average molecular weight is 405 g/mol. The molecule has 2 aliphatic rings. The zero-order chi connectivity index (χ0) is 20.9. The van der Waals surface area contributed by atoms with Crippen LogP contribution in [0.4, 0.5) is 5.69 Å². The first-order valence-corrected chi connectivity index (χ1v) is 9.59. The zero-order valence-corrected chi connectivity index (χ0v) is 16.2. The van der Waals surface area contributed by atoms with Gasteiger partial charge in [-0.05, 0) is 35.7 Å². The molecule has 1 spiro atoms. The maximum atomic E-state index is 13.3. The van der Waals surface area contributed by atoms with Gasteiger partial charge in [-0.1, -0.05) is 30.3 Å². The van der Waals surface area contributed by atoms with Gasteiger partial charge in [0.25, 0.3) is 11.5 Å². The standard InChI is InChI=1S/C22H19N3O5/c1-29-14-6-4-5-13(11-14)19-22(15-7-2-3-8-16(15)23-21(22)28)9-10-25(19)20(27)17-12-18(26)24-30-17/h2-8,11-12,19H,9-10H2,1H3,(H,23,28)(H,24,26). The second-order valence-electron chi connectivity index (χ2n) is 7.48. The molecule has 3 heterocycles. The normalized spacial score (nSPS) is 22.2. The minimum absolute atomic E-state index is 0.0864. The molecular weight excluding hydrogens is 386 g/mol. The molecule has 2 amide bonds. The second kappa shape index (κ2) is 6.62. The SMILES string of the molecule is COc1cccc(C2N(C(=O)c3cc(=O)[nH]o3)CCC23C(=O)Nc2ccccc23)c1. The predicted octanol–water partition coefficient (Wildman–Crippen LogP) is 2.45. The number of anilines is 1. The first-order chi connectivity index (χ1) is 14.5. The molecule has 2 aromatic carbocycles. The summed E-state index contributed by atoms with van der Waals surface area (Å²) in [5.74, 6) is -0.0592. The number of likely N-dealkylation sites (tertiary alicyclic amines) is 1. The zero-order valence-electron chi connectivity index (χ0n) is 16.2. The van der Waals surface area contributed by atoms with Crippen LogP contribution in [0.3, 0.4) is 0 Å². The lowest BCUT2D eigenvalue weighted by atomic mass is 9.72. The van der Waals surface area contributed by atoms with E-state index in [0.717, 1.165) is 22.9 Å². The summed E-state index contributed by atoms with van der Waals surface area (Å²) in [5, 5.41) is 5.13. The molecule has 1 fully saturated rings. The highest BCUT2D eigenvalue weighted by Crippen LogP contribution is 2.55. The topological polar surface area (TPSA) is 105 Å². The van der Waals surface area contributed by atoms with Gasteiger partial charge in [0.15, 0.2) is 0 Å². The quantitative estimate of drug-likeness (QED) is 0.697. The molecular formula is C22H19N3O5. The van der Waals surface area contributed by atoms with Crippen LogP contribution in [0.15, 0.2) is 63.9 Å². The van der Waals surface area contributed by atoms with Crippen molar-refractivity contribution in [1.29, 1.82) is 0 Å². The first kappa shape index (κ1) is 18.2. The van der Waals surface area contributed by atoms with Crippen molar-refractivity contribution in [2.45, 2.75) is 17.9 Å². The number of amides is 2. The van der Waals surface area contributed by atoms with Gasteiger partial charge in [0, 0.05) is 12.2 Å². The van der Waals surface area contributed by atoms with Crippen molar-refractivity contribution in [2.24, 2.45) is 0 Å². The molecule has 0 saturated carbocycles. The maximum Gasteiger partial charge on any atom is 0.293 e. The Morgan fingerprint density at radius 3 is 2.77 bits per heavy atom. The monoisotopic (exact) mass is 405 g/mol. The first-order valence-electron chi connectivity index (χ1n) is 9.59. The molecule has 0 bridgehead atoms. The van der Waals surface area contributed by atoms with E-state index in [4.69, 9.17) is 9.26 Å². The van der Waals surface area contributed by atoms with Crippen LogP contribution >= 0.6 is 0 Å². The summed E-state index contributed by atoms with van der Waals surface area (Å²) in [5.41, 5.74) is 0.931. The van der Waals surface area contributed by atoms with Crippen molar-refractivity contribution in [1.82, 2.24) is 10.1 Å². The lowest BCUT2D eigenvalue weighted by Gasteiger charge is -2.34. The van der Waals surface area contributed by atoms with Gasteiger partial charge in [0.1, 0.15) is 11.2 Å². The van der Waals surface area contributed by atoms with Crippen LogP contribution < -0.4 is 15.6 Å². The van der Waals surface area contributed by atoms with E-state index in [1.165, 1.54) is 0 Å². The smallest absolute Gasteiger partial charge is 0.293 e. The van der Waals surface area contributed by atoms with Crippen molar-refractivity contribution in [3.05, 3.63) is 81.8 Å². The molecule has 152 valence electrons. The van der Waals surface area contributed by atoms with Crippen molar-refractivity contribution in [2.75, 3.05) is 19.0 Å². The van der Waals surface area contributed by atoms with E-state index in [1.54, 1.807) is 12.0 Å². The molecule has 30 heavy (non-hydrogen) atoms. The summed E-state index contributed by atoms with van der Waals surface area (Å²) in [6.07, 6.45) is 0.443. The van der Waals surface area contributed by atoms with Gasteiger partial charge in [0.05, 0.1) is 19.2 Å². The molecule has 2 atom stereocenters. The van der Waals surface area contributed by atoms with Gasteiger partial charge in [-0.2, -0.15) is 5.16 Å². The number of aromatic nitrogens is 1. The van der Waals surface area contributed by atoms with Gasteiger partial charge in [-0.25, -0.2) is 0 Å². The Morgan fingerprint density at radius 2 is 2.00 bits per heavy atom. The minimum atomic E-state index is -0.949. The van der Waals surface area contributed by atoms with E-state index < -0.39 is 22.9 Å². The molecule has 0 aliphatic carbocycles. The van der Waals surface area contributed by atoms with E-state index in [1.807, 2.05) is 48.5 Å². The molecule has 8 heteroatoms. The van der Waals surface area contributed by atoms with Gasteiger partial charge in [-0.3, -0.25) is 14.4 Å². The molecule has 2 aliphatic heterocycles. The minimum Gasteiger partial charge on any atom is -0.497 e. The molecule has 0 radical (unpaired) electrons. The summed E-state index contributed by atoms with van der Waals surface area (Å²) in [6, 6.07) is 15.4. The van der Waals surface area contributed by atoms with Gasteiger partial charge >= 0.3 is 0 Å². The van der Waals surface area contributed by atoms with E-state index in [2.05, 4.69) is 10.5 Å². The third kappa shape index (κ3) is 2.50. The van der Waals surface area contributed by atoms with Crippen molar-refractivity contribution < 1.29 is 18.8 Å². The number of H-pyrrole nitrogens is 1. The van der Waals surface area contributed by atoms with Crippen LogP contribution in [0.5, 0.6) is 5.75 Å². The molecule has 1 aromatic heterocycles. The Hall–Kier alpha value is -3.81. The lowest BCUT2D eigenvalue weighted by molar-refractivity contribution is -0.121. The highest BCUT2D eigenvalue weighted by atomic mass is 16.5. The predicted molar refractivity (Wildman–Crippen MR) is 107 cm³/mol. The van der Waals surface area contributed by atoms with Crippen LogP contribution in [0.25, 0.3) is 0 Å². The fraction of sp³-hybridized carbons (Fsp3) is 0.227. The van der Waals surface area contributed by atoms with Crippen LogP contribution in [-0.2, 0) is 10.2 Å². The largest absolute Gasteiger partial charge is 0.497 e. The van der Waals surface area contributed by atoms with Crippen molar-refractivity contribution in [3.8, 4) is 5.75 Å². The Labute approximate surface area is 171 Å². The van der Waals surface area contributed by atoms with Crippen molar-refractivity contribution >= 4 is 17.5 Å². The molecule has 5 rings (SSSR count). The number of fused-ring (bicyclic) bond motifs is 2. The molecule has 2 N–H and O–H groups in total. The summed E-state index contributed by atoms with van der Waals surface area (Å²) < 4.78 is 10.4. The Morgan fingerprint density at radius 1 is 1.17 bits per heavy atom. The fourth-order valence-corrected chi connectivity index (χ4v) is 4.71. The van der Waals surface area contributed by atoms with E-state index in [-0.39, 0.29) is 11.7 Å². The number of hydrogen-bond acceptors (Lipinski definition) is 5. The number of nitrogens with zero attached hydrogens (tertiary/aromatic N) is 1. The summed E-state index contributed by atoms with van der Waals surface area (Å²) in [7, 11) is 1.57. The molecule has 2 unspecified atom stereocenters. The van der Waals surface area contributed by atoms with Gasteiger partial charge in [0.2, 0.25) is 11.7 Å². The van der Waals surface area contributed by atoms with Gasteiger partial charge < -0.3 is 19.5 Å². The van der Waals surface area contributed by atoms with E-state index >= 15 is 0 Å². The number of ether oxygens (including phenoxy) is 1. The number of aromatic amines is 1. The number of para-hydroxylation sites is 1. The fourth-order valence-electron chi connectivity index (χ4n) is 4.71. The highest BCUT2D eigenvalue weighted by Gasteiger charge is 2.59. The van der Waals surface area contributed by atoms with Crippen LogP contribution in [0, 0.1) is 0 Å². The number of carbonyl (C=O) groups is 2. The number of rotatable bonds is 3. The van der Waals surface area contributed by atoms with E-state index in [0.29, 0.717) is 18.7 Å². The summed E-state index contributed by atoms with van der Waals surface area (Å²) >= 11 is 0. The third-order valence-electron chi connectivity index (χ3n) is 5.99. The number of methoxy groups -OCH3 is 1. The van der Waals surface area contributed by atoms with Crippen LogP contribution in [0.2, 0.25) is 0 Å². The van der Waals surface area contributed by atoms with Gasteiger partial charge in [-0.15, -0.1) is 0 Å². The van der Waals surface area contributed by atoms with Crippen LogP contribution in [0.1, 0.15) is 34.1 Å². The molecule has 8 nitrogen and oxygen atoms in total. The maximum absolute atomic E-state index is 13.3. The Kier molecular flexibility index (Phi) is 4.02. The third-order valence-corrected chi connectivity index (χ3v) is 5.99. The average Bonchev–Trinajstić information content (AvgIpc) is 3.45. The van der Waals surface area contributed by atoms with E-state index in [9.17, 15) is 14.4 Å². The Bertz CT molecular complexity index is 1210. The summed E-state index contributed by atoms with van der Waals surface area (Å²) in [4.78, 5) is 39.7. The van der Waals surface area contributed by atoms with Crippen molar-refractivity contribution in [3.63, 3.8) is 0 Å². The Balaban J connectivity index is 1.69. The molecule has 3 aromatic rings. The lowest BCUT2D eigenvalue weighted by Crippen LogP contribution is -2.42. The number of benzene rings is 2. The number of carbonyl (C=O) groups excluding carboxylic acids is 2. The number of nitrogens with one attached hydrogen (secondary N) is 2. The molecule has 1 saturated heterocycles. The number of hydrogen-bond donors (Lipinski definition) is 2. The highest BCUT2D eigenvalue weighted by molar-refractivity contribution is 6.08. The summed E-state index contributed by atoms with van der Waals surface area (Å²) in [6.45, 7) is 0.331.